The van der Waals surface area contributed by atoms with Gasteiger partial charge < -0.3 is 0 Å². The van der Waals surface area contributed by atoms with Gasteiger partial charge in [-0.3, -0.25) is 0 Å². The van der Waals surface area contributed by atoms with E-state index in [1.807, 2.05) is 47.1 Å². The zero-order valence-electron chi connectivity index (χ0n) is 17.0. The first kappa shape index (κ1) is 18.9. The highest BCUT2D eigenvalue weighted by molar-refractivity contribution is 5.59. The maximum absolute atomic E-state index is 4.59. The number of benzene rings is 3. The van der Waals surface area contributed by atoms with E-state index in [0.717, 1.165) is 28.9 Å². The smallest absolute Gasteiger partial charge is 0.183 e. The lowest BCUT2D eigenvalue weighted by molar-refractivity contribution is 0.436. The average molecular weight is 403 g/mol. The van der Waals surface area contributed by atoms with Crippen LogP contribution in [0.15, 0.2) is 127 Å². The van der Waals surface area contributed by atoms with E-state index in [1.54, 1.807) is 0 Å². The number of aromatic nitrogens is 4. The van der Waals surface area contributed by atoms with Crippen molar-refractivity contribution in [3.8, 4) is 11.4 Å². The lowest BCUT2D eigenvalue weighted by Gasteiger charge is -2.38. The van der Waals surface area contributed by atoms with Crippen molar-refractivity contribution in [2.24, 2.45) is 0 Å². The first-order valence-electron chi connectivity index (χ1n) is 10.4. The van der Waals surface area contributed by atoms with Gasteiger partial charge in [0.15, 0.2) is 5.82 Å². The van der Waals surface area contributed by atoms with Crippen LogP contribution >= 0.6 is 0 Å². The third-order valence-corrected chi connectivity index (χ3v) is 5.66. The van der Waals surface area contributed by atoms with Gasteiger partial charge in [0.1, 0.15) is 5.54 Å². The molecule has 0 radical (unpaired) electrons. The quantitative estimate of drug-likeness (QED) is 0.438. The van der Waals surface area contributed by atoms with Gasteiger partial charge in [-0.25, -0.2) is 4.68 Å². The minimum Gasteiger partial charge on any atom is -0.206 e. The van der Waals surface area contributed by atoms with Crippen molar-refractivity contribution in [1.29, 1.82) is 0 Å². The zero-order valence-corrected chi connectivity index (χ0v) is 17.0. The Morgan fingerprint density at radius 2 is 1.29 bits per heavy atom. The van der Waals surface area contributed by atoms with E-state index < -0.39 is 5.54 Å². The third-order valence-electron chi connectivity index (χ3n) is 5.66. The summed E-state index contributed by atoms with van der Waals surface area (Å²) in [6, 6.07) is 31.1. The normalized spacial score (nSPS) is 13.6. The third kappa shape index (κ3) is 3.32. The Morgan fingerprint density at radius 3 is 1.94 bits per heavy atom. The summed E-state index contributed by atoms with van der Waals surface area (Å²) in [5, 5.41) is 13.2. The molecule has 0 saturated carbocycles. The van der Waals surface area contributed by atoms with Gasteiger partial charge in [-0.15, -0.1) is 5.10 Å². The monoisotopic (exact) mass is 402 g/mol. The number of nitrogens with zero attached hydrogens (tertiary/aromatic N) is 4. The van der Waals surface area contributed by atoms with Gasteiger partial charge in [0.05, 0.1) is 0 Å². The summed E-state index contributed by atoms with van der Waals surface area (Å²) in [7, 11) is 0. The first-order chi connectivity index (χ1) is 15.4. The van der Waals surface area contributed by atoms with E-state index in [1.165, 1.54) is 5.57 Å². The second-order valence-corrected chi connectivity index (χ2v) is 7.43. The predicted octanol–water partition coefficient (Wildman–Crippen LogP) is 5.57. The van der Waals surface area contributed by atoms with E-state index in [4.69, 9.17) is 0 Å². The van der Waals surface area contributed by atoms with Gasteiger partial charge in [0, 0.05) is 5.56 Å². The first-order valence-corrected chi connectivity index (χ1v) is 10.4. The SMILES string of the molecule is C1=CC=C(C(c2ccccc2)(c2ccccc2)n2nnnc2-c2ccccc2)CC=C1. The number of allylic oxidation sites excluding steroid dienone is 6. The number of hydrogen-bond donors (Lipinski definition) is 0. The Bertz CT molecular complexity index is 1200. The van der Waals surface area contributed by atoms with E-state index >= 15 is 0 Å². The molecule has 0 aliphatic heterocycles. The molecule has 0 atom stereocenters. The lowest BCUT2D eigenvalue weighted by Crippen LogP contribution is -2.40. The molecule has 0 N–H and O–H groups in total. The molecule has 0 bridgehead atoms. The van der Waals surface area contributed by atoms with Crippen molar-refractivity contribution in [1.82, 2.24) is 20.2 Å². The average Bonchev–Trinajstić information content (AvgIpc) is 3.17. The molecule has 0 fully saturated rings. The highest BCUT2D eigenvalue weighted by Gasteiger charge is 2.42. The van der Waals surface area contributed by atoms with Gasteiger partial charge in [-0.1, -0.05) is 121 Å². The molecule has 1 aliphatic carbocycles. The van der Waals surface area contributed by atoms with Crippen LogP contribution in [0.4, 0.5) is 0 Å². The van der Waals surface area contributed by atoms with Crippen LogP contribution < -0.4 is 0 Å². The molecule has 4 aromatic rings. The van der Waals surface area contributed by atoms with Crippen LogP contribution in [0.25, 0.3) is 11.4 Å². The summed E-state index contributed by atoms with van der Waals surface area (Å²) in [6.07, 6.45) is 11.4. The van der Waals surface area contributed by atoms with Gasteiger partial charge >= 0.3 is 0 Å². The standard InChI is InChI=1S/C27H22N4/c1-2-9-17-23(16-8-1)27(24-18-10-4-11-19-24,25-20-12-5-13-21-25)31-26(28-29-30-31)22-14-6-3-7-15-22/h1-16,18-21H,17H2. The summed E-state index contributed by atoms with van der Waals surface area (Å²) in [5.41, 5.74) is 3.70. The molecule has 1 heterocycles. The summed E-state index contributed by atoms with van der Waals surface area (Å²) in [6.45, 7) is 0. The topological polar surface area (TPSA) is 43.6 Å². The zero-order chi connectivity index (χ0) is 20.9. The Hall–Kier alpha value is -4.05. The minimum atomic E-state index is -0.698. The van der Waals surface area contributed by atoms with Crippen LogP contribution in [0.5, 0.6) is 0 Å². The lowest BCUT2D eigenvalue weighted by atomic mass is 9.75. The molecule has 5 rings (SSSR count). The molecule has 0 unspecified atom stereocenters. The van der Waals surface area contributed by atoms with Crippen molar-refractivity contribution < 1.29 is 0 Å². The summed E-state index contributed by atoms with van der Waals surface area (Å²) < 4.78 is 1.98. The van der Waals surface area contributed by atoms with Gasteiger partial charge in [0.25, 0.3) is 0 Å². The van der Waals surface area contributed by atoms with Crippen LogP contribution in [0.1, 0.15) is 17.5 Å². The Kier molecular flexibility index (Phi) is 5.11. The Morgan fingerprint density at radius 1 is 0.677 bits per heavy atom. The second-order valence-electron chi connectivity index (χ2n) is 7.43. The van der Waals surface area contributed by atoms with E-state index in [0.29, 0.717) is 0 Å². The number of hydrogen-bond acceptors (Lipinski definition) is 3. The van der Waals surface area contributed by atoms with Crippen LogP contribution in [0.3, 0.4) is 0 Å². The molecular weight excluding hydrogens is 380 g/mol. The molecule has 1 aromatic heterocycles. The number of rotatable bonds is 5. The molecule has 4 heteroatoms. The van der Waals surface area contributed by atoms with E-state index in [-0.39, 0.29) is 0 Å². The summed E-state index contributed by atoms with van der Waals surface area (Å²) in [5.74, 6) is 0.728. The molecule has 0 amide bonds. The van der Waals surface area contributed by atoms with Crippen molar-refractivity contribution in [2.45, 2.75) is 12.0 Å². The van der Waals surface area contributed by atoms with Crippen molar-refractivity contribution in [3.63, 3.8) is 0 Å². The maximum Gasteiger partial charge on any atom is 0.183 e. The molecular formula is C27H22N4. The molecule has 3 aromatic carbocycles. The highest BCUT2D eigenvalue weighted by atomic mass is 15.6. The molecule has 31 heavy (non-hydrogen) atoms. The Labute approximate surface area is 181 Å². The van der Waals surface area contributed by atoms with Gasteiger partial charge in [-0.05, 0) is 33.5 Å². The number of tetrazole rings is 1. The molecule has 0 spiro atoms. The van der Waals surface area contributed by atoms with Crippen LogP contribution in [-0.2, 0) is 5.54 Å². The fraction of sp³-hybridized carbons (Fsp3) is 0.0741. The van der Waals surface area contributed by atoms with Gasteiger partial charge in [0.2, 0.25) is 0 Å². The predicted molar refractivity (Wildman–Crippen MR) is 123 cm³/mol. The highest BCUT2D eigenvalue weighted by Crippen LogP contribution is 2.44. The Balaban J connectivity index is 1.88. The van der Waals surface area contributed by atoms with E-state index in [9.17, 15) is 0 Å². The van der Waals surface area contributed by atoms with Crippen molar-refractivity contribution >= 4 is 0 Å². The molecule has 4 nitrogen and oxygen atoms in total. The summed E-state index contributed by atoms with van der Waals surface area (Å²) in [4.78, 5) is 0. The fourth-order valence-electron chi connectivity index (χ4n) is 4.30. The van der Waals surface area contributed by atoms with Crippen LogP contribution in [-0.4, -0.2) is 20.2 Å². The largest absolute Gasteiger partial charge is 0.206 e. The minimum absolute atomic E-state index is 0.698. The van der Waals surface area contributed by atoms with Gasteiger partial charge in [-0.2, -0.15) is 0 Å². The maximum atomic E-state index is 4.59. The molecule has 0 saturated heterocycles. The molecule has 1 aliphatic rings. The second kappa shape index (κ2) is 8.36. The summed E-state index contributed by atoms with van der Waals surface area (Å²) >= 11 is 0. The fourth-order valence-corrected chi connectivity index (χ4v) is 4.30. The van der Waals surface area contributed by atoms with E-state index in [2.05, 4.69) is 94.4 Å². The van der Waals surface area contributed by atoms with Crippen LogP contribution in [0.2, 0.25) is 0 Å². The van der Waals surface area contributed by atoms with Crippen molar-refractivity contribution in [2.75, 3.05) is 0 Å². The molecule has 150 valence electrons. The van der Waals surface area contributed by atoms with Crippen molar-refractivity contribution in [3.05, 3.63) is 138 Å². The van der Waals surface area contributed by atoms with Crippen LogP contribution in [0, 0.1) is 0 Å².